The fourth-order valence-electron chi connectivity index (χ4n) is 3.01. The van der Waals surface area contributed by atoms with E-state index in [-0.39, 0.29) is 5.91 Å². The van der Waals surface area contributed by atoms with Crippen LogP contribution >= 0.6 is 0 Å². The number of amides is 1. The predicted molar refractivity (Wildman–Crippen MR) is 109 cm³/mol. The lowest BCUT2D eigenvalue weighted by Crippen LogP contribution is -3.08. The zero-order valence-corrected chi connectivity index (χ0v) is 16.9. The molecule has 2 N–H and O–H groups in total. The number of likely N-dealkylation sites (N-methyl/N-ethyl adjacent to an activating group) is 1. The van der Waals surface area contributed by atoms with Crippen LogP contribution in [-0.2, 0) is 17.8 Å². The first-order valence-corrected chi connectivity index (χ1v) is 9.55. The molecule has 0 aliphatic rings. The average Bonchev–Trinajstić information content (AvgIpc) is 3.13. The lowest BCUT2D eigenvalue weighted by atomic mass is 10.1. The number of aryl methyl sites for hydroxylation is 2. The van der Waals surface area contributed by atoms with Crippen molar-refractivity contribution in [1.29, 1.82) is 0 Å². The molecule has 6 heteroatoms. The van der Waals surface area contributed by atoms with Crippen molar-refractivity contribution in [2.45, 2.75) is 33.7 Å². The fourth-order valence-corrected chi connectivity index (χ4v) is 3.01. The second kappa shape index (κ2) is 8.80. The van der Waals surface area contributed by atoms with Crippen molar-refractivity contribution in [2.24, 2.45) is 0 Å². The minimum Gasteiger partial charge on any atom is -0.333 e. The molecule has 1 heterocycles. The van der Waals surface area contributed by atoms with Gasteiger partial charge >= 0.3 is 0 Å². The molecule has 0 aliphatic carbocycles. The van der Waals surface area contributed by atoms with E-state index in [1.165, 1.54) is 5.56 Å². The van der Waals surface area contributed by atoms with Crippen molar-refractivity contribution >= 4 is 11.6 Å². The van der Waals surface area contributed by atoms with E-state index in [4.69, 9.17) is 4.52 Å². The van der Waals surface area contributed by atoms with Crippen LogP contribution in [-0.4, -0.2) is 29.6 Å². The summed E-state index contributed by atoms with van der Waals surface area (Å²) in [5, 5.41) is 7.05. The molecule has 3 rings (SSSR count). The number of nitrogens with one attached hydrogen (secondary N) is 2. The zero-order chi connectivity index (χ0) is 20.1. The first-order valence-electron chi connectivity index (χ1n) is 9.55. The van der Waals surface area contributed by atoms with E-state index in [2.05, 4.69) is 34.5 Å². The number of aromatic nitrogens is 2. The smallest absolute Gasteiger partial charge is 0.282 e. The van der Waals surface area contributed by atoms with Crippen molar-refractivity contribution < 1.29 is 14.2 Å². The number of hydrogen-bond acceptors (Lipinski definition) is 4. The molecule has 146 valence electrons. The maximum Gasteiger partial charge on any atom is 0.282 e. The molecule has 28 heavy (non-hydrogen) atoms. The highest BCUT2D eigenvalue weighted by atomic mass is 16.5. The molecule has 0 saturated carbocycles. The molecular weight excluding hydrogens is 352 g/mol. The van der Waals surface area contributed by atoms with Gasteiger partial charge in [0.1, 0.15) is 0 Å². The summed E-state index contributed by atoms with van der Waals surface area (Å²) in [5.41, 5.74) is 5.30. The van der Waals surface area contributed by atoms with Crippen LogP contribution in [0.2, 0.25) is 0 Å². The number of quaternary nitrogens is 1. The van der Waals surface area contributed by atoms with Gasteiger partial charge in [0.25, 0.3) is 11.8 Å². The summed E-state index contributed by atoms with van der Waals surface area (Å²) in [6.45, 7) is 6.97. The van der Waals surface area contributed by atoms with Crippen molar-refractivity contribution in [2.75, 3.05) is 18.9 Å². The molecule has 0 bridgehead atoms. The van der Waals surface area contributed by atoms with Gasteiger partial charge in [0.2, 0.25) is 5.82 Å². The van der Waals surface area contributed by atoms with Crippen molar-refractivity contribution in [3.05, 3.63) is 65.0 Å². The van der Waals surface area contributed by atoms with Crippen molar-refractivity contribution in [1.82, 2.24) is 10.1 Å². The van der Waals surface area contributed by atoms with Gasteiger partial charge < -0.3 is 14.7 Å². The molecule has 1 amide bonds. The highest BCUT2D eigenvalue weighted by Crippen LogP contribution is 2.18. The van der Waals surface area contributed by atoms with E-state index in [1.807, 2.05) is 51.2 Å². The molecule has 0 fully saturated rings. The Labute approximate surface area is 165 Å². The summed E-state index contributed by atoms with van der Waals surface area (Å²) in [6.07, 6.45) is 0.996. The number of carbonyl (C=O) groups excluding carboxylic acids is 1. The topological polar surface area (TPSA) is 72.5 Å². The Balaban J connectivity index is 1.57. The van der Waals surface area contributed by atoms with Gasteiger partial charge in [-0.05, 0) is 43.0 Å². The van der Waals surface area contributed by atoms with Crippen LogP contribution in [0.5, 0.6) is 0 Å². The molecule has 6 nitrogen and oxygen atoms in total. The van der Waals surface area contributed by atoms with E-state index in [0.29, 0.717) is 24.8 Å². The summed E-state index contributed by atoms with van der Waals surface area (Å²) in [4.78, 5) is 17.8. The SMILES string of the molecule is CCc1ccc(-c2noc(C[NH+](C)CC(=O)Nc3cccc(C)c3C)n2)cc1. The van der Waals surface area contributed by atoms with Gasteiger partial charge in [-0.25, -0.2) is 0 Å². The van der Waals surface area contributed by atoms with Gasteiger partial charge in [0, 0.05) is 11.3 Å². The van der Waals surface area contributed by atoms with Crippen LogP contribution in [0.15, 0.2) is 47.0 Å². The van der Waals surface area contributed by atoms with Gasteiger partial charge in [-0.2, -0.15) is 4.98 Å². The molecule has 0 radical (unpaired) electrons. The summed E-state index contributed by atoms with van der Waals surface area (Å²) >= 11 is 0. The highest BCUT2D eigenvalue weighted by Gasteiger charge is 2.16. The number of anilines is 1. The molecular formula is C22H27N4O2+. The number of carbonyl (C=O) groups is 1. The quantitative estimate of drug-likeness (QED) is 0.662. The van der Waals surface area contributed by atoms with Gasteiger partial charge in [0.15, 0.2) is 13.1 Å². The van der Waals surface area contributed by atoms with Crippen LogP contribution < -0.4 is 10.2 Å². The van der Waals surface area contributed by atoms with Gasteiger partial charge in [0.05, 0.1) is 7.05 Å². The molecule has 1 unspecified atom stereocenters. The van der Waals surface area contributed by atoms with Crippen molar-refractivity contribution in [3.8, 4) is 11.4 Å². The van der Waals surface area contributed by atoms with E-state index >= 15 is 0 Å². The first-order chi connectivity index (χ1) is 13.5. The van der Waals surface area contributed by atoms with Crippen LogP contribution in [0.25, 0.3) is 11.4 Å². The molecule has 2 aromatic carbocycles. The third kappa shape index (κ3) is 4.84. The predicted octanol–water partition coefficient (Wildman–Crippen LogP) is 2.57. The normalized spacial score (nSPS) is 12.0. The highest BCUT2D eigenvalue weighted by molar-refractivity contribution is 5.92. The average molecular weight is 379 g/mol. The monoisotopic (exact) mass is 379 g/mol. The Kier molecular flexibility index (Phi) is 6.21. The van der Waals surface area contributed by atoms with E-state index in [1.54, 1.807) is 0 Å². The Hall–Kier alpha value is -2.99. The number of benzene rings is 2. The Morgan fingerprint density at radius 1 is 1.14 bits per heavy atom. The first kappa shape index (κ1) is 19.8. The maximum atomic E-state index is 12.4. The van der Waals surface area contributed by atoms with Crippen LogP contribution in [0, 0.1) is 13.8 Å². The van der Waals surface area contributed by atoms with E-state index in [9.17, 15) is 4.79 Å². The minimum atomic E-state index is -0.0407. The van der Waals surface area contributed by atoms with Gasteiger partial charge in [-0.1, -0.05) is 48.5 Å². The summed E-state index contributed by atoms with van der Waals surface area (Å²) < 4.78 is 5.37. The summed E-state index contributed by atoms with van der Waals surface area (Å²) in [6, 6.07) is 14.0. The molecule has 0 saturated heterocycles. The molecule has 1 atom stereocenters. The van der Waals surface area contributed by atoms with Crippen LogP contribution in [0.3, 0.4) is 0 Å². The van der Waals surface area contributed by atoms with Gasteiger partial charge in [-0.3, -0.25) is 4.79 Å². The number of hydrogen-bond donors (Lipinski definition) is 2. The standard InChI is InChI=1S/C22H26N4O2/c1-5-17-9-11-18(12-10-17)22-24-21(28-25-22)14-26(4)13-20(27)23-19-8-6-7-15(2)16(19)3/h6-12H,5,13-14H2,1-4H3,(H,23,27)/p+1. The Morgan fingerprint density at radius 3 is 2.61 bits per heavy atom. The van der Waals surface area contributed by atoms with E-state index < -0.39 is 0 Å². The number of rotatable bonds is 7. The number of nitrogens with zero attached hydrogens (tertiary/aromatic N) is 2. The minimum absolute atomic E-state index is 0.0407. The third-order valence-corrected chi connectivity index (χ3v) is 4.88. The molecule has 0 spiro atoms. The Morgan fingerprint density at radius 2 is 1.89 bits per heavy atom. The maximum absolute atomic E-state index is 12.4. The third-order valence-electron chi connectivity index (χ3n) is 4.88. The Bertz CT molecular complexity index is 947. The summed E-state index contributed by atoms with van der Waals surface area (Å²) in [7, 11) is 1.93. The lowest BCUT2D eigenvalue weighted by molar-refractivity contribution is -0.886. The fraction of sp³-hybridized carbons (Fsp3) is 0.318. The lowest BCUT2D eigenvalue weighted by Gasteiger charge is -2.13. The molecule has 0 aliphatic heterocycles. The van der Waals surface area contributed by atoms with Crippen molar-refractivity contribution in [3.63, 3.8) is 0 Å². The van der Waals surface area contributed by atoms with Crippen LogP contribution in [0.4, 0.5) is 5.69 Å². The molecule has 1 aromatic heterocycles. The molecule has 3 aromatic rings. The van der Waals surface area contributed by atoms with Gasteiger partial charge in [-0.15, -0.1) is 0 Å². The largest absolute Gasteiger partial charge is 0.333 e. The second-order valence-corrected chi connectivity index (χ2v) is 7.17. The summed E-state index contributed by atoms with van der Waals surface area (Å²) in [5.74, 6) is 1.05. The zero-order valence-electron chi connectivity index (χ0n) is 16.9. The van der Waals surface area contributed by atoms with E-state index in [0.717, 1.165) is 33.7 Å². The second-order valence-electron chi connectivity index (χ2n) is 7.17. The van der Waals surface area contributed by atoms with Crippen LogP contribution in [0.1, 0.15) is 29.5 Å².